The highest BCUT2D eigenvalue weighted by Gasteiger charge is 2.37. The first-order valence-electron chi connectivity index (χ1n) is 11.6. The summed E-state index contributed by atoms with van der Waals surface area (Å²) in [6.45, 7) is 4.64. The van der Waals surface area contributed by atoms with E-state index in [9.17, 15) is 28.0 Å². The molecule has 4 aromatic rings. The predicted octanol–water partition coefficient (Wildman–Crippen LogP) is 4.62. The first-order valence-corrected chi connectivity index (χ1v) is 12.0. The number of carbonyl (C=O) groups is 2. The van der Waals surface area contributed by atoms with E-state index < -0.39 is 30.4 Å². The van der Waals surface area contributed by atoms with Gasteiger partial charge in [-0.25, -0.2) is 4.98 Å². The van der Waals surface area contributed by atoms with Crippen molar-refractivity contribution in [2.24, 2.45) is 0 Å². The Morgan fingerprint density at radius 1 is 1.20 bits per heavy atom. The number of aryl methyl sites for hydroxylation is 1. The average Bonchev–Trinajstić information content (AvgIpc) is 3.52. The first kappa shape index (κ1) is 28.2. The summed E-state index contributed by atoms with van der Waals surface area (Å²) >= 11 is 6.32. The van der Waals surface area contributed by atoms with Gasteiger partial charge in [0.15, 0.2) is 11.5 Å². The van der Waals surface area contributed by atoms with Crippen molar-refractivity contribution in [3.05, 3.63) is 75.5 Å². The van der Waals surface area contributed by atoms with E-state index in [2.05, 4.69) is 31.0 Å². The van der Waals surface area contributed by atoms with Gasteiger partial charge in [-0.05, 0) is 55.8 Å². The molecule has 2 aromatic heterocycles. The molecule has 0 atom stereocenters. The normalized spacial score (nSPS) is 11.4. The van der Waals surface area contributed by atoms with E-state index in [4.69, 9.17) is 16.0 Å². The second-order valence-electron chi connectivity index (χ2n) is 8.82. The molecule has 2 aromatic carbocycles. The van der Waals surface area contributed by atoms with E-state index in [1.807, 2.05) is 6.07 Å². The molecule has 0 aliphatic carbocycles. The second kappa shape index (κ2) is 11.1. The van der Waals surface area contributed by atoms with Crippen LogP contribution in [0.4, 0.5) is 18.9 Å². The molecule has 0 radical (unpaired) electrons. The Balaban J connectivity index is 1.75. The van der Waals surface area contributed by atoms with Crippen molar-refractivity contribution in [2.75, 3.05) is 5.32 Å². The van der Waals surface area contributed by atoms with Crippen molar-refractivity contribution in [3.63, 3.8) is 0 Å². The Morgan fingerprint density at radius 2 is 1.93 bits per heavy atom. The van der Waals surface area contributed by atoms with Crippen LogP contribution in [0.3, 0.4) is 0 Å². The summed E-state index contributed by atoms with van der Waals surface area (Å²) in [4.78, 5) is 31.2. The van der Waals surface area contributed by atoms with Crippen LogP contribution in [0.2, 0.25) is 5.02 Å². The summed E-state index contributed by atoms with van der Waals surface area (Å²) < 4.78 is 44.4. The number of benzene rings is 2. The van der Waals surface area contributed by atoms with Crippen LogP contribution >= 0.6 is 11.6 Å². The molecule has 0 aliphatic rings. The molecule has 11 nitrogen and oxygen atoms in total. The van der Waals surface area contributed by atoms with Crippen LogP contribution in [-0.4, -0.2) is 43.0 Å². The lowest BCUT2D eigenvalue weighted by atomic mass is 10.0. The molecular formula is C25H20ClF3N8O3. The van der Waals surface area contributed by atoms with Gasteiger partial charge in [0.05, 0.1) is 27.9 Å². The zero-order chi connectivity index (χ0) is 29.2. The number of alkyl halides is 3. The molecule has 0 spiro atoms. The van der Waals surface area contributed by atoms with E-state index in [-0.39, 0.29) is 50.8 Å². The summed E-state index contributed by atoms with van der Waals surface area (Å²) in [5.41, 5.74) is 0.833. The number of oxazole rings is 1. The maximum atomic E-state index is 13.6. The van der Waals surface area contributed by atoms with Crippen molar-refractivity contribution in [1.29, 1.82) is 5.26 Å². The van der Waals surface area contributed by atoms with E-state index in [0.717, 1.165) is 0 Å². The van der Waals surface area contributed by atoms with E-state index in [1.165, 1.54) is 12.1 Å². The van der Waals surface area contributed by atoms with Crippen LogP contribution in [0.1, 0.15) is 57.5 Å². The fourth-order valence-corrected chi connectivity index (χ4v) is 3.89. The van der Waals surface area contributed by atoms with Crippen molar-refractivity contribution in [3.8, 4) is 17.4 Å². The number of aromatic nitrogens is 5. The Hall–Kier alpha value is -4.77. The molecular weight excluding hydrogens is 553 g/mol. The summed E-state index contributed by atoms with van der Waals surface area (Å²) in [6.07, 6.45) is -4.80. The molecule has 40 heavy (non-hydrogen) atoms. The van der Waals surface area contributed by atoms with Crippen molar-refractivity contribution in [2.45, 2.75) is 39.5 Å². The van der Waals surface area contributed by atoms with Crippen LogP contribution in [0.5, 0.6) is 0 Å². The standard InChI is InChI=1S/C25H20ClF3N8O3/c1-12(2)31-22(38)16-9-14(10-30)8-13(3)19(16)33-23(39)20-21(15-6-4-5-7-17(15)26)40-18(32-20)11-37-35-24(34-36-37)25(27,28)29/h4-9,12H,11H2,1-3H3,(H,31,38)(H,33,39). The van der Waals surface area contributed by atoms with Gasteiger partial charge in [-0.15, -0.1) is 10.2 Å². The van der Waals surface area contributed by atoms with Gasteiger partial charge in [0.25, 0.3) is 17.6 Å². The van der Waals surface area contributed by atoms with Gasteiger partial charge in [-0.1, -0.05) is 23.7 Å². The molecule has 0 unspecified atom stereocenters. The molecule has 0 saturated carbocycles. The lowest BCUT2D eigenvalue weighted by Gasteiger charge is -2.16. The number of hydrogen-bond acceptors (Lipinski definition) is 8. The third kappa shape index (κ3) is 6.10. The molecule has 15 heteroatoms. The van der Waals surface area contributed by atoms with Gasteiger partial charge >= 0.3 is 6.18 Å². The quantitative estimate of drug-likeness (QED) is 0.325. The third-order valence-corrected chi connectivity index (χ3v) is 5.69. The van der Waals surface area contributed by atoms with Crippen LogP contribution < -0.4 is 10.6 Å². The largest absolute Gasteiger partial charge is 0.455 e. The summed E-state index contributed by atoms with van der Waals surface area (Å²) in [7, 11) is 0. The van der Waals surface area contributed by atoms with Gasteiger partial charge in [0, 0.05) is 11.6 Å². The maximum Gasteiger partial charge on any atom is 0.455 e. The fraction of sp³-hybridized carbons (Fsp3) is 0.240. The fourth-order valence-electron chi connectivity index (χ4n) is 3.67. The van der Waals surface area contributed by atoms with Gasteiger partial charge in [0.2, 0.25) is 5.89 Å². The molecule has 0 saturated heterocycles. The summed E-state index contributed by atoms with van der Waals surface area (Å²) in [5.74, 6) is -3.06. The Bertz CT molecular complexity index is 1640. The number of halogens is 4. The number of rotatable bonds is 7. The zero-order valence-corrected chi connectivity index (χ0v) is 21.9. The minimum atomic E-state index is -4.80. The van der Waals surface area contributed by atoms with Crippen LogP contribution in [0.25, 0.3) is 11.3 Å². The van der Waals surface area contributed by atoms with Crippen molar-refractivity contribution >= 4 is 29.1 Å². The van der Waals surface area contributed by atoms with Gasteiger partial charge in [-0.3, -0.25) is 9.59 Å². The third-order valence-electron chi connectivity index (χ3n) is 5.36. The first-order chi connectivity index (χ1) is 18.9. The van der Waals surface area contributed by atoms with Gasteiger partial charge in [0.1, 0.15) is 6.54 Å². The van der Waals surface area contributed by atoms with Gasteiger partial charge < -0.3 is 15.1 Å². The van der Waals surface area contributed by atoms with Crippen molar-refractivity contribution < 1.29 is 27.2 Å². The van der Waals surface area contributed by atoms with E-state index in [1.54, 1.807) is 45.0 Å². The number of amides is 2. The highest BCUT2D eigenvalue weighted by Crippen LogP contribution is 2.33. The number of nitrogens with one attached hydrogen (secondary N) is 2. The molecule has 2 heterocycles. The number of anilines is 1. The van der Waals surface area contributed by atoms with Crippen LogP contribution in [0.15, 0.2) is 40.8 Å². The lowest BCUT2D eigenvalue weighted by molar-refractivity contribution is -0.145. The number of nitrogens with zero attached hydrogens (tertiary/aromatic N) is 6. The number of tetrazole rings is 1. The summed E-state index contributed by atoms with van der Waals surface area (Å²) in [6, 6.07) is 11.0. The molecule has 0 aliphatic heterocycles. The SMILES string of the molecule is Cc1cc(C#N)cc(C(=O)NC(C)C)c1NC(=O)c1nc(Cn2nnc(C(F)(F)F)n2)oc1-c1ccccc1Cl. The number of carbonyl (C=O) groups excluding carboxylic acids is 2. The van der Waals surface area contributed by atoms with Gasteiger partial charge in [-0.2, -0.15) is 23.2 Å². The molecule has 2 N–H and O–H groups in total. The van der Waals surface area contributed by atoms with Crippen LogP contribution in [-0.2, 0) is 12.7 Å². The Labute approximate surface area is 229 Å². The number of hydrogen-bond donors (Lipinski definition) is 2. The molecule has 2 amide bonds. The van der Waals surface area contributed by atoms with Crippen molar-refractivity contribution in [1.82, 2.24) is 30.5 Å². The zero-order valence-electron chi connectivity index (χ0n) is 21.2. The van der Waals surface area contributed by atoms with E-state index >= 15 is 0 Å². The minimum absolute atomic E-state index is 0.0492. The highest BCUT2D eigenvalue weighted by atomic mass is 35.5. The maximum absolute atomic E-state index is 13.6. The summed E-state index contributed by atoms with van der Waals surface area (Å²) in [5, 5.41) is 24.6. The monoisotopic (exact) mass is 572 g/mol. The smallest absolute Gasteiger partial charge is 0.438 e. The molecule has 206 valence electrons. The predicted molar refractivity (Wildman–Crippen MR) is 135 cm³/mol. The Morgan fingerprint density at radius 3 is 2.55 bits per heavy atom. The topological polar surface area (TPSA) is 152 Å². The number of nitriles is 1. The lowest BCUT2D eigenvalue weighted by Crippen LogP contribution is -2.31. The average molecular weight is 573 g/mol. The highest BCUT2D eigenvalue weighted by molar-refractivity contribution is 6.33. The molecule has 4 rings (SSSR count). The molecule has 0 fully saturated rings. The Kier molecular flexibility index (Phi) is 7.87. The molecule has 0 bridgehead atoms. The minimum Gasteiger partial charge on any atom is -0.438 e. The van der Waals surface area contributed by atoms with Crippen LogP contribution in [0, 0.1) is 18.3 Å². The second-order valence-corrected chi connectivity index (χ2v) is 9.22. The van der Waals surface area contributed by atoms with E-state index in [0.29, 0.717) is 10.4 Å².